The van der Waals surface area contributed by atoms with Crippen molar-refractivity contribution in [3.63, 3.8) is 0 Å². The van der Waals surface area contributed by atoms with Gasteiger partial charge in [0.2, 0.25) is 0 Å². The number of nitrogens with one attached hydrogen (secondary N) is 1. The van der Waals surface area contributed by atoms with E-state index in [0.717, 1.165) is 44.1 Å². The number of ether oxygens (including phenoxy) is 1. The van der Waals surface area contributed by atoms with Crippen molar-refractivity contribution in [2.45, 2.75) is 26.1 Å². The molecule has 134 valence electrons. The summed E-state index contributed by atoms with van der Waals surface area (Å²) in [5, 5.41) is 3.38. The third kappa shape index (κ3) is 4.15. The zero-order chi connectivity index (χ0) is 17.8. The Hall–Kier alpha value is -2.57. The van der Waals surface area contributed by atoms with Gasteiger partial charge in [0.15, 0.2) is 5.65 Å². The second-order valence-electron chi connectivity index (χ2n) is 6.69. The van der Waals surface area contributed by atoms with Crippen LogP contribution in [0.25, 0.3) is 11.2 Å². The highest BCUT2D eigenvalue weighted by molar-refractivity contribution is 5.71. The molecule has 2 aromatic heterocycles. The number of hydrogen-bond donors (Lipinski definition) is 1. The molecule has 0 amide bonds. The Morgan fingerprint density at radius 2 is 2.04 bits per heavy atom. The zero-order valence-electron chi connectivity index (χ0n) is 14.9. The fourth-order valence-corrected chi connectivity index (χ4v) is 3.28. The van der Waals surface area contributed by atoms with E-state index in [9.17, 15) is 0 Å². The lowest BCUT2D eigenvalue weighted by Gasteiger charge is -2.31. The molecular formula is C20H23N5O. The predicted octanol–water partition coefficient (Wildman–Crippen LogP) is 2.86. The number of fused-ring (bicyclic) bond motifs is 1. The number of nitrogens with zero attached hydrogens (tertiary/aromatic N) is 4. The molecule has 0 spiro atoms. The van der Waals surface area contributed by atoms with Crippen LogP contribution in [0, 0.1) is 0 Å². The Kier molecular flexibility index (Phi) is 5.04. The second-order valence-corrected chi connectivity index (χ2v) is 6.69. The summed E-state index contributed by atoms with van der Waals surface area (Å²) in [6.45, 7) is 6.63. The first kappa shape index (κ1) is 16.9. The molecule has 0 aliphatic carbocycles. The molecule has 1 saturated heterocycles. The molecule has 0 saturated carbocycles. The average Bonchev–Trinajstić information content (AvgIpc) is 2.66. The van der Waals surface area contributed by atoms with Gasteiger partial charge >= 0.3 is 0 Å². The van der Waals surface area contributed by atoms with Gasteiger partial charge in [-0.3, -0.25) is 9.88 Å². The highest BCUT2D eigenvalue weighted by Gasteiger charge is 2.16. The van der Waals surface area contributed by atoms with Crippen LogP contribution in [0.2, 0.25) is 0 Å². The van der Waals surface area contributed by atoms with E-state index in [4.69, 9.17) is 4.74 Å². The maximum atomic E-state index is 5.62. The Balaban J connectivity index is 1.40. The minimum absolute atomic E-state index is 0.315. The molecule has 1 aliphatic rings. The zero-order valence-corrected chi connectivity index (χ0v) is 14.9. The number of rotatable bonds is 5. The molecule has 4 rings (SSSR count). The second kappa shape index (κ2) is 7.76. The summed E-state index contributed by atoms with van der Waals surface area (Å²) < 4.78 is 5.62. The largest absolute Gasteiger partial charge is 0.376 e. The number of morpholine rings is 1. The monoisotopic (exact) mass is 349 g/mol. The lowest BCUT2D eigenvalue weighted by Crippen LogP contribution is -2.40. The Labute approximate surface area is 153 Å². The van der Waals surface area contributed by atoms with Crippen LogP contribution < -0.4 is 5.32 Å². The van der Waals surface area contributed by atoms with Crippen LogP contribution >= 0.6 is 0 Å². The molecule has 6 nitrogen and oxygen atoms in total. The van der Waals surface area contributed by atoms with Gasteiger partial charge in [-0.15, -0.1) is 0 Å². The predicted molar refractivity (Wildman–Crippen MR) is 102 cm³/mol. The van der Waals surface area contributed by atoms with E-state index in [1.165, 1.54) is 11.1 Å². The number of benzene rings is 1. The van der Waals surface area contributed by atoms with Gasteiger partial charge in [0.1, 0.15) is 11.3 Å². The van der Waals surface area contributed by atoms with E-state index >= 15 is 0 Å². The van der Waals surface area contributed by atoms with Gasteiger partial charge in [0, 0.05) is 38.6 Å². The molecular weight excluding hydrogens is 326 g/mol. The summed E-state index contributed by atoms with van der Waals surface area (Å²) in [6.07, 6.45) is 3.66. The van der Waals surface area contributed by atoms with Crippen molar-refractivity contribution < 1.29 is 4.74 Å². The topological polar surface area (TPSA) is 63.2 Å². The summed E-state index contributed by atoms with van der Waals surface area (Å²) in [6, 6.07) is 12.6. The highest BCUT2D eigenvalue weighted by Crippen LogP contribution is 2.14. The number of pyridine rings is 1. The molecule has 3 aromatic rings. The highest BCUT2D eigenvalue weighted by atomic mass is 16.5. The molecule has 1 unspecified atom stereocenters. The van der Waals surface area contributed by atoms with Gasteiger partial charge < -0.3 is 10.1 Å². The summed E-state index contributed by atoms with van der Waals surface area (Å²) in [5.41, 5.74) is 4.04. The van der Waals surface area contributed by atoms with Crippen LogP contribution in [0.1, 0.15) is 18.1 Å². The molecule has 1 atom stereocenters. The maximum Gasteiger partial charge on any atom is 0.180 e. The molecule has 1 aromatic carbocycles. The van der Waals surface area contributed by atoms with E-state index in [0.29, 0.717) is 11.8 Å². The number of hydrogen-bond acceptors (Lipinski definition) is 6. The van der Waals surface area contributed by atoms with E-state index in [1.54, 1.807) is 12.4 Å². The molecule has 0 radical (unpaired) electrons. The third-order valence-electron chi connectivity index (χ3n) is 4.53. The molecule has 26 heavy (non-hydrogen) atoms. The van der Waals surface area contributed by atoms with Crippen LogP contribution in [0.5, 0.6) is 0 Å². The van der Waals surface area contributed by atoms with Crippen molar-refractivity contribution in [2.75, 3.05) is 25.0 Å². The van der Waals surface area contributed by atoms with Crippen LogP contribution in [-0.4, -0.2) is 45.7 Å². The summed E-state index contributed by atoms with van der Waals surface area (Å²) in [7, 11) is 0. The van der Waals surface area contributed by atoms with Crippen molar-refractivity contribution in [1.29, 1.82) is 0 Å². The number of aromatic nitrogens is 3. The lowest BCUT2D eigenvalue weighted by molar-refractivity contribution is -0.0212. The van der Waals surface area contributed by atoms with Gasteiger partial charge in [-0.2, -0.15) is 0 Å². The van der Waals surface area contributed by atoms with Gasteiger partial charge in [-0.1, -0.05) is 24.3 Å². The first-order valence-corrected chi connectivity index (χ1v) is 9.00. The maximum absolute atomic E-state index is 5.62. The van der Waals surface area contributed by atoms with Gasteiger partial charge in [0.25, 0.3) is 0 Å². The first-order valence-electron chi connectivity index (χ1n) is 9.00. The van der Waals surface area contributed by atoms with Crippen molar-refractivity contribution >= 4 is 17.0 Å². The van der Waals surface area contributed by atoms with Crippen molar-refractivity contribution in [3.8, 4) is 0 Å². The van der Waals surface area contributed by atoms with Crippen LogP contribution in [0.15, 0.2) is 48.8 Å². The van der Waals surface area contributed by atoms with Gasteiger partial charge in [-0.25, -0.2) is 9.97 Å². The van der Waals surface area contributed by atoms with Gasteiger partial charge in [-0.05, 0) is 30.2 Å². The van der Waals surface area contributed by atoms with Crippen LogP contribution in [0.4, 0.5) is 5.82 Å². The normalized spacial score (nSPS) is 18.1. The SMILES string of the molecule is CC1CN(Cc2cccc(CNc3ccc4nccnc4n3)c2)CCO1. The molecule has 3 heterocycles. The summed E-state index contributed by atoms with van der Waals surface area (Å²) in [5.74, 6) is 0.811. The fourth-order valence-electron chi connectivity index (χ4n) is 3.28. The van der Waals surface area contributed by atoms with E-state index in [1.807, 2.05) is 12.1 Å². The number of anilines is 1. The van der Waals surface area contributed by atoms with E-state index < -0.39 is 0 Å². The smallest absolute Gasteiger partial charge is 0.180 e. The molecule has 1 aliphatic heterocycles. The Morgan fingerprint density at radius 3 is 2.96 bits per heavy atom. The molecule has 0 bridgehead atoms. The minimum atomic E-state index is 0.315. The minimum Gasteiger partial charge on any atom is -0.376 e. The first-order chi connectivity index (χ1) is 12.8. The van der Waals surface area contributed by atoms with Crippen molar-refractivity contribution in [2.24, 2.45) is 0 Å². The molecule has 1 N–H and O–H groups in total. The van der Waals surface area contributed by atoms with Gasteiger partial charge in [0.05, 0.1) is 12.7 Å². The average molecular weight is 349 g/mol. The van der Waals surface area contributed by atoms with E-state index in [2.05, 4.69) is 56.4 Å². The summed E-state index contributed by atoms with van der Waals surface area (Å²) >= 11 is 0. The fraction of sp³-hybridized carbons (Fsp3) is 0.350. The Bertz CT molecular complexity index is 885. The molecule has 6 heteroatoms. The van der Waals surface area contributed by atoms with Crippen LogP contribution in [0.3, 0.4) is 0 Å². The van der Waals surface area contributed by atoms with Crippen molar-refractivity contribution in [1.82, 2.24) is 19.9 Å². The van der Waals surface area contributed by atoms with Crippen molar-refractivity contribution in [3.05, 3.63) is 59.9 Å². The quantitative estimate of drug-likeness (QED) is 0.764. The Morgan fingerprint density at radius 1 is 1.15 bits per heavy atom. The molecule has 1 fully saturated rings. The third-order valence-corrected chi connectivity index (χ3v) is 4.53. The lowest BCUT2D eigenvalue weighted by atomic mass is 10.1. The standard InChI is InChI=1S/C20H23N5O/c1-15-13-25(9-10-26-15)14-17-4-2-3-16(11-17)12-23-19-6-5-18-20(24-19)22-8-7-21-18/h2-8,11,15H,9-10,12-14H2,1H3,(H,22,23,24). The summed E-state index contributed by atoms with van der Waals surface area (Å²) in [4.78, 5) is 15.5. The van der Waals surface area contributed by atoms with Crippen LogP contribution in [-0.2, 0) is 17.8 Å². The van der Waals surface area contributed by atoms with E-state index in [-0.39, 0.29) is 0 Å².